The van der Waals surface area contributed by atoms with Gasteiger partial charge in [0.15, 0.2) is 0 Å². The molecule has 1 aromatic heterocycles. The molecule has 0 unspecified atom stereocenters. The highest BCUT2D eigenvalue weighted by Gasteiger charge is 2.02. The molecule has 2 rings (SSSR count). The lowest BCUT2D eigenvalue weighted by atomic mass is 10.1. The van der Waals surface area contributed by atoms with E-state index >= 15 is 0 Å². The first-order chi connectivity index (χ1) is 8.65. The number of halogens is 3. The van der Waals surface area contributed by atoms with Crippen LogP contribution in [0.25, 0.3) is 0 Å². The van der Waals surface area contributed by atoms with Gasteiger partial charge in [0.1, 0.15) is 5.82 Å². The number of nitrogens with zero attached hydrogens (tertiary/aromatic N) is 1. The first-order valence-corrected chi connectivity index (χ1v) is 6.58. The van der Waals surface area contributed by atoms with Crippen LogP contribution < -0.4 is 5.32 Å². The second-order valence-electron chi connectivity index (χ2n) is 3.79. The van der Waals surface area contributed by atoms with Crippen molar-refractivity contribution < 1.29 is 0 Å². The van der Waals surface area contributed by atoms with Gasteiger partial charge in [0.05, 0.1) is 10.0 Å². The van der Waals surface area contributed by atoms with Crippen molar-refractivity contribution in [2.75, 3.05) is 11.9 Å². The molecule has 1 heterocycles. The third-order valence-electron chi connectivity index (χ3n) is 2.43. The number of hydrogen-bond acceptors (Lipinski definition) is 2. The highest BCUT2D eigenvalue weighted by molar-refractivity contribution is 6.35. The van der Waals surface area contributed by atoms with E-state index in [4.69, 9.17) is 34.8 Å². The topological polar surface area (TPSA) is 24.9 Å². The van der Waals surface area contributed by atoms with Crippen molar-refractivity contribution in [3.63, 3.8) is 0 Å². The zero-order valence-electron chi connectivity index (χ0n) is 9.46. The van der Waals surface area contributed by atoms with Crippen molar-refractivity contribution >= 4 is 40.6 Å². The summed E-state index contributed by atoms with van der Waals surface area (Å²) in [6.45, 7) is 0.746. The van der Waals surface area contributed by atoms with Gasteiger partial charge < -0.3 is 5.32 Å². The van der Waals surface area contributed by atoms with E-state index in [0.717, 1.165) is 18.0 Å². The van der Waals surface area contributed by atoms with Gasteiger partial charge in [0, 0.05) is 17.8 Å². The molecule has 0 saturated carbocycles. The van der Waals surface area contributed by atoms with Crippen LogP contribution in [-0.2, 0) is 6.42 Å². The Balaban J connectivity index is 1.90. The molecule has 0 fully saturated rings. The molecule has 94 valence electrons. The van der Waals surface area contributed by atoms with Crippen LogP contribution in [0.5, 0.6) is 0 Å². The number of nitrogens with one attached hydrogen (secondary N) is 1. The fraction of sp³-hybridized carbons (Fsp3) is 0.154. The molecule has 1 N–H and O–H groups in total. The van der Waals surface area contributed by atoms with Gasteiger partial charge in [-0.25, -0.2) is 4.98 Å². The fourth-order valence-corrected chi connectivity index (χ4v) is 2.09. The van der Waals surface area contributed by atoms with Crippen molar-refractivity contribution in [3.05, 3.63) is 57.2 Å². The maximum atomic E-state index is 6.01. The lowest BCUT2D eigenvalue weighted by molar-refractivity contribution is 1.01. The third-order valence-corrected chi connectivity index (χ3v) is 3.17. The number of anilines is 1. The highest BCUT2D eigenvalue weighted by atomic mass is 35.5. The third kappa shape index (κ3) is 3.77. The SMILES string of the molecule is Clc1ccc(CCNc2ncc(Cl)cc2Cl)cc1. The predicted octanol–water partition coefficient (Wildman–Crippen LogP) is 4.70. The Hall–Kier alpha value is -0.960. The van der Waals surface area contributed by atoms with Crippen molar-refractivity contribution in [1.29, 1.82) is 0 Å². The van der Waals surface area contributed by atoms with Crippen LogP contribution in [0.3, 0.4) is 0 Å². The first kappa shape index (κ1) is 13.5. The fourth-order valence-electron chi connectivity index (χ4n) is 1.52. The summed E-state index contributed by atoms with van der Waals surface area (Å²) in [5.74, 6) is 0.648. The van der Waals surface area contributed by atoms with Gasteiger partial charge in [-0.1, -0.05) is 46.9 Å². The molecular weight excluding hydrogens is 291 g/mol. The summed E-state index contributed by atoms with van der Waals surface area (Å²) in [6, 6.07) is 9.43. The monoisotopic (exact) mass is 300 g/mol. The number of rotatable bonds is 4. The van der Waals surface area contributed by atoms with Gasteiger partial charge in [0.2, 0.25) is 0 Å². The summed E-state index contributed by atoms with van der Waals surface area (Å²) in [6.07, 6.45) is 2.44. The smallest absolute Gasteiger partial charge is 0.144 e. The number of aromatic nitrogens is 1. The normalized spacial score (nSPS) is 10.4. The molecule has 2 nitrogen and oxygen atoms in total. The number of pyridine rings is 1. The molecule has 1 aromatic carbocycles. The van der Waals surface area contributed by atoms with E-state index in [0.29, 0.717) is 15.9 Å². The quantitative estimate of drug-likeness (QED) is 0.885. The van der Waals surface area contributed by atoms with Crippen LogP contribution >= 0.6 is 34.8 Å². The molecule has 0 aliphatic rings. The minimum Gasteiger partial charge on any atom is -0.369 e. The summed E-state index contributed by atoms with van der Waals surface area (Å²) in [5.41, 5.74) is 1.21. The lowest BCUT2D eigenvalue weighted by Crippen LogP contribution is -2.06. The second kappa shape index (κ2) is 6.28. The molecule has 0 atom stereocenters. The van der Waals surface area contributed by atoms with E-state index in [2.05, 4.69) is 10.3 Å². The van der Waals surface area contributed by atoms with Crippen LogP contribution in [0.1, 0.15) is 5.56 Å². The van der Waals surface area contributed by atoms with Crippen LogP contribution in [0.4, 0.5) is 5.82 Å². The Morgan fingerprint density at radius 2 is 1.72 bits per heavy atom. The van der Waals surface area contributed by atoms with Gasteiger partial charge in [-0.2, -0.15) is 0 Å². The molecule has 0 spiro atoms. The largest absolute Gasteiger partial charge is 0.369 e. The van der Waals surface area contributed by atoms with Gasteiger partial charge >= 0.3 is 0 Å². The minimum absolute atomic E-state index is 0.526. The molecule has 0 radical (unpaired) electrons. The van der Waals surface area contributed by atoms with Crippen molar-refractivity contribution in [3.8, 4) is 0 Å². The molecular formula is C13H11Cl3N2. The van der Waals surface area contributed by atoms with E-state index in [9.17, 15) is 0 Å². The van der Waals surface area contributed by atoms with Crippen molar-refractivity contribution in [2.45, 2.75) is 6.42 Å². The van der Waals surface area contributed by atoms with E-state index in [1.165, 1.54) is 5.56 Å². The lowest BCUT2D eigenvalue weighted by Gasteiger charge is -2.07. The first-order valence-electron chi connectivity index (χ1n) is 5.44. The molecule has 2 aromatic rings. The molecule has 0 saturated heterocycles. The van der Waals surface area contributed by atoms with E-state index in [1.807, 2.05) is 24.3 Å². The molecule has 0 aliphatic carbocycles. The minimum atomic E-state index is 0.526. The summed E-state index contributed by atoms with van der Waals surface area (Å²) in [5, 5.41) is 4.97. The maximum absolute atomic E-state index is 6.01. The van der Waals surface area contributed by atoms with E-state index in [1.54, 1.807) is 12.3 Å². The second-order valence-corrected chi connectivity index (χ2v) is 5.07. The van der Waals surface area contributed by atoms with Crippen LogP contribution in [0.15, 0.2) is 36.5 Å². The zero-order chi connectivity index (χ0) is 13.0. The average molecular weight is 302 g/mol. The van der Waals surface area contributed by atoms with Gasteiger partial charge in [0.25, 0.3) is 0 Å². The van der Waals surface area contributed by atoms with Gasteiger partial charge in [-0.15, -0.1) is 0 Å². The maximum Gasteiger partial charge on any atom is 0.144 e. The van der Waals surface area contributed by atoms with Crippen LogP contribution in [0, 0.1) is 0 Å². The summed E-state index contributed by atoms with van der Waals surface area (Å²) >= 11 is 17.6. The van der Waals surface area contributed by atoms with Crippen molar-refractivity contribution in [1.82, 2.24) is 4.98 Å². The van der Waals surface area contributed by atoms with Gasteiger partial charge in [-0.3, -0.25) is 0 Å². The Bertz CT molecular complexity index is 526. The molecule has 0 aliphatic heterocycles. The van der Waals surface area contributed by atoms with Crippen LogP contribution in [0.2, 0.25) is 15.1 Å². The Labute approximate surface area is 121 Å². The van der Waals surface area contributed by atoms with E-state index < -0.39 is 0 Å². The molecule has 0 bridgehead atoms. The standard InChI is InChI=1S/C13H11Cl3N2/c14-10-3-1-9(2-4-10)5-6-17-13-12(16)7-11(15)8-18-13/h1-4,7-8H,5-6H2,(H,17,18). The highest BCUT2D eigenvalue weighted by Crippen LogP contribution is 2.22. The average Bonchev–Trinajstić information content (AvgIpc) is 2.34. The molecule has 18 heavy (non-hydrogen) atoms. The zero-order valence-corrected chi connectivity index (χ0v) is 11.7. The van der Waals surface area contributed by atoms with Gasteiger partial charge in [-0.05, 0) is 30.2 Å². The van der Waals surface area contributed by atoms with E-state index in [-0.39, 0.29) is 0 Å². The Kier molecular flexibility index (Phi) is 4.70. The number of benzene rings is 1. The Morgan fingerprint density at radius 1 is 1.00 bits per heavy atom. The summed E-state index contributed by atoms with van der Waals surface area (Å²) in [7, 11) is 0. The van der Waals surface area contributed by atoms with Crippen LogP contribution in [-0.4, -0.2) is 11.5 Å². The summed E-state index contributed by atoms with van der Waals surface area (Å²) < 4.78 is 0. The Morgan fingerprint density at radius 3 is 2.39 bits per heavy atom. The number of hydrogen-bond donors (Lipinski definition) is 1. The van der Waals surface area contributed by atoms with Crippen molar-refractivity contribution in [2.24, 2.45) is 0 Å². The molecule has 0 amide bonds. The molecule has 5 heteroatoms. The predicted molar refractivity (Wildman–Crippen MR) is 77.9 cm³/mol. The summed E-state index contributed by atoms with van der Waals surface area (Å²) in [4.78, 5) is 4.13.